The first-order valence-electron chi connectivity index (χ1n) is 11.8. The van der Waals surface area contributed by atoms with Gasteiger partial charge in [0.1, 0.15) is 0 Å². The van der Waals surface area contributed by atoms with Crippen molar-refractivity contribution in [2.24, 2.45) is 10.8 Å². The molecule has 0 N–H and O–H groups in total. The summed E-state index contributed by atoms with van der Waals surface area (Å²) in [5, 5.41) is 0. The molecule has 0 radical (unpaired) electrons. The molecule has 0 atom stereocenters. The number of hydrogen-bond acceptors (Lipinski definition) is 0. The molecule has 31 heavy (non-hydrogen) atoms. The van der Waals surface area contributed by atoms with Gasteiger partial charge in [0.15, 0.2) is 0 Å². The van der Waals surface area contributed by atoms with E-state index in [0.717, 1.165) is 12.8 Å². The summed E-state index contributed by atoms with van der Waals surface area (Å²) >= 11 is 0. The van der Waals surface area contributed by atoms with Gasteiger partial charge in [0.05, 0.1) is 0 Å². The molecule has 0 aromatic carbocycles. The van der Waals surface area contributed by atoms with Gasteiger partial charge >= 0.3 is 26.2 Å². The SMILES string of the molecule is CCC(CC)(CC)C1=[C-]CC(C)=C1C.CCC(CC)(CC)C1=[C-]CC(C)=C1C.[Cl-].[Cl-].[Zr+4]. The van der Waals surface area contributed by atoms with Gasteiger partial charge in [-0.2, -0.15) is 22.3 Å². The minimum absolute atomic E-state index is 0. The van der Waals surface area contributed by atoms with Crippen molar-refractivity contribution in [2.45, 2.75) is 121 Å². The third-order valence-electron chi connectivity index (χ3n) is 8.21. The monoisotopic (exact) mass is 542 g/mol. The third kappa shape index (κ3) is 7.72. The predicted octanol–water partition coefficient (Wildman–Crippen LogP) is 3.35. The van der Waals surface area contributed by atoms with Crippen LogP contribution in [0.4, 0.5) is 0 Å². The van der Waals surface area contributed by atoms with Crippen LogP contribution in [0.1, 0.15) is 121 Å². The third-order valence-corrected chi connectivity index (χ3v) is 8.21. The van der Waals surface area contributed by atoms with Crippen LogP contribution in [0.15, 0.2) is 33.4 Å². The van der Waals surface area contributed by atoms with Crippen LogP contribution in [0.3, 0.4) is 0 Å². The van der Waals surface area contributed by atoms with Gasteiger partial charge in [-0.15, -0.1) is 26.7 Å². The Bertz CT molecular complexity index is 582. The van der Waals surface area contributed by atoms with Crippen LogP contribution in [0.2, 0.25) is 0 Å². The van der Waals surface area contributed by atoms with Gasteiger partial charge in [-0.3, -0.25) is 12.2 Å². The molecule has 0 unspecified atom stereocenters. The van der Waals surface area contributed by atoms with E-state index in [2.05, 4.69) is 81.4 Å². The average Bonchev–Trinajstić information content (AvgIpc) is 3.24. The Hall–Kier alpha value is 0.423. The summed E-state index contributed by atoms with van der Waals surface area (Å²) in [6.07, 6.45) is 16.8. The van der Waals surface area contributed by atoms with Crippen LogP contribution in [-0.4, -0.2) is 0 Å². The Morgan fingerprint density at radius 2 is 0.774 bits per heavy atom. The fourth-order valence-corrected chi connectivity index (χ4v) is 5.13. The molecule has 0 saturated heterocycles. The zero-order valence-electron chi connectivity index (χ0n) is 21.9. The first-order valence-corrected chi connectivity index (χ1v) is 11.8. The molecule has 2 aliphatic carbocycles. The van der Waals surface area contributed by atoms with Gasteiger partial charge in [-0.1, -0.05) is 55.4 Å². The summed E-state index contributed by atoms with van der Waals surface area (Å²) in [5.41, 5.74) is 9.89. The van der Waals surface area contributed by atoms with Gasteiger partial charge in [-0.05, 0) is 49.4 Å². The van der Waals surface area contributed by atoms with E-state index in [-0.39, 0.29) is 51.0 Å². The molecule has 2 rings (SSSR count). The van der Waals surface area contributed by atoms with Crippen molar-refractivity contribution in [2.75, 3.05) is 0 Å². The normalized spacial score (nSPS) is 15.9. The van der Waals surface area contributed by atoms with Gasteiger partial charge < -0.3 is 24.8 Å². The van der Waals surface area contributed by atoms with E-state index in [1.807, 2.05) is 0 Å². The summed E-state index contributed by atoms with van der Waals surface area (Å²) in [6, 6.07) is 0. The molecule has 176 valence electrons. The fraction of sp³-hybridized carbons (Fsp3) is 0.714. The second-order valence-corrected chi connectivity index (χ2v) is 8.95. The Kier molecular flexibility index (Phi) is 18.7. The maximum absolute atomic E-state index is 3.59. The Morgan fingerprint density at radius 3 is 0.903 bits per heavy atom. The molecule has 0 aromatic rings. The first-order chi connectivity index (χ1) is 13.2. The summed E-state index contributed by atoms with van der Waals surface area (Å²) in [7, 11) is 0. The zero-order chi connectivity index (χ0) is 21.5. The second kappa shape index (κ2) is 16.1. The molecule has 2 aliphatic rings. The smallest absolute Gasteiger partial charge is 1.00 e. The quantitative estimate of drug-likeness (QED) is 0.411. The standard InChI is InChI=1S/2C14H23.2ClH.Zr/c2*1-6-14(7-2,8-3)13-10-9-11(4)12(13)5;;;/h2*6-9H2,1-5H3;2*1H;/q2*-1;;;+4/p-2. The molecule has 0 amide bonds. The largest absolute Gasteiger partial charge is 4.00 e. The fourth-order valence-electron chi connectivity index (χ4n) is 5.13. The van der Waals surface area contributed by atoms with Gasteiger partial charge in [0, 0.05) is 0 Å². The molecule has 0 saturated carbocycles. The molecule has 0 aliphatic heterocycles. The van der Waals surface area contributed by atoms with E-state index in [4.69, 9.17) is 0 Å². The number of halogens is 2. The average molecular weight is 545 g/mol. The molecule has 0 aromatic heterocycles. The minimum atomic E-state index is 0. The number of hydrogen-bond donors (Lipinski definition) is 0. The van der Waals surface area contributed by atoms with Crippen molar-refractivity contribution < 1.29 is 51.0 Å². The van der Waals surface area contributed by atoms with Crippen molar-refractivity contribution >= 4 is 0 Å². The van der Waals surface area contributed by atoms with Gasteiger partial charge in [0.25, 0.3) is 0 Å². The summed E-state index contributed by atoms with van der Waals surface area (Å²) in [6.45, 7) is 22.9. The maximum atomic E-state index is 3.59. The van der Waals surface area contributed by atoms with Crippen molar-refractivity contribution in [3.05, 3.63) is 45.6 Å². The molecule has 0 fully saturated rings. The Balaban J connectivity index is -0.000000461. The first kappa shape index (κ1) is 36.0. The molecular weight excluding hydrogens is 498 g/mol. The van der Waals surface area contributed by atoms with E-state index in [1.54, 1.807) is 0 Å². The van der Waals surface area contributed by atoms with Gasteiger partial charge in [-0.25, -0.2) is 11.1 Å². The second-order valence-electron chi connectivity index (χ2n) is 8.95. The molecule has 0 spiro atoms. The van der Waals surface area contributed by atoms with Crippen molar-refractivity contribution in [3.63, 3.8) is 0 Å². The van der Waals surface area contributed by atoms with Crippen molar-refractivity contribution in [1.29, 1.82) is 0 Å². The van der Waals surface area contributed by atoms with E-state index < -0.39 is 0 Å². The van der Waals surface area contributed by atoms with Crippen LogP contribution in [0.5, 0.6) is 0 Å². The molecule has 3 heteroatoms. The Morgan fingerprint density at radius 1 is 0.548 bits per heavy atom. The van der Waals surface area contributed by atoms with Crippen molar-refractivity contribution in [3.8, 4) is 0 Å². The van der Waals surface area contributed by atoms with E-state index in [0.29, 0.717) is 10.8 Å². The maximum Gasteiger partial charge on any atom is 4.00 e. The zero-order valence-corrected chi connectivity index (χ0v) is 25.9. The molecule has 0 bridgehead atoms. The van der Waals surface area contributed by atoms with E-state index in [1.165, 1.54) is 72.0 Å². The van der Waals surface area contributed by atoms with E-state index in [9.17, 15) is 0 Å². The molecule has 0 heterocycles. The summed E-state index contributed by atoms with van der Waals surface area (Å²) in [4.78, 5) is 0. The van der Waals surface area contributed by atoms with E-state index >= 15 is 0 Å². The van der Waals surface area contributed by atoms with Crippen LogP contribution in [0, 0.1) is 23.0 Å². The molecule has 0 nitrogen and oxygen atoms in total. The number of allylic oxidation sites excluding steroid dienone is 8. The van der Waals surface area contributed by atoms with Crippen LogP contribution >= 0.6 is 0 Å². The summed E-state index contributed by atoms with van der Waals surface area (Å²) in [5.74, 6) is 0. The Labute approximate surface area is 226 Å². The summed E-state index contributed by atoms with van der Waals surface area (Å²) < 4.78 is 0. The van der Waals surface area contributed by atoms with Gasteiger partial charge in [0.2, 0.25) is 0 Å². The minimum Gasteiger partial charge on any atom is -1.00 e. The van der Waals surface area contributed by atoms with Crippen LogP contribution < -0.4 is 24.8 Å². The van der Waals surface area contributed by atoms with Crippen molar-refractivity contribution in [1.82, 2.24) is 0 Å². The molecular formula is C28H46Cl2Zr. The topological polar surface area (TPSA) is 0 Å². The van der Waals surface area contributed by atoms with Crippen LogP contribution in [0.25, 0.3) is 0 Å². The number of rotatable bonds is 8. The predicted molar refractivity (Wildman–Crippen MR) is 126 cm³/mol. The van der Waals surface area contributed by atoms with Crippen LogP contribution in [-0.2, 0) is 26.2 Å².